The minimum atomic E-state index is -0.855. The molecule has 5 rings (SSSR count). The van der Waals surface area contributed by atoms with E-state index in [1.54, 1.807) is 23.9 Å². The van der Waals surface area contributed by atoms with Gasteiger partial charge in [0.15, 0.2) is 0 Å². The zero-order valence-corrected chi connectivity index (χ0v) is 17.7. The van der Waals surface area contributed by atoms with Gasteiger partial charge in [-0.3, -0.25) is 9.36 Å². The summed E-state index contributed by atoms with van der Waals surface area (Å²) in [5, 5.41) is 11.8. The Labute approximate surface area is 181 Å². The van der Waals surface area contributed by atoms with Crippen molar-refractivity contribution in [2.45, 2.75) is 43.7 Å². The summed E-state index contributed by atoms with van der Waals surface area (Å²) in [6.45, 7) is 0.639. The number of hydrogen-bond donors (Lipinski definition) is 1. The van der Waals surface area contributed by atoms with Crippen LogP contribution in [-0.2, 0) is 12.6 Å². The molecule has 3 atom stereocenters. The van der Waals surface area contributed by atoms with E-state index in [0.29, 0.717) is 30.3 Å². The Morgan fingerprint density at radius 2 is 1.90 bits per heavy atom. The molecule has 31 heavy (non-hydrogen) atoms. The maximum Gasteiger partial charge on any atom is 0.255 e. The van der Waals surface area contributed by atoms with Crippen molar-refractivity contribution in [2.24, 2.45) is 13.0 Å². The molecule has 0 radical (unpaired) electrons. The highest BCUT2D eigenvalue weighted by molar-refractivity contribution is 5.55. The van der Waals surface area contributed by atoms with Crippen LogP contribution in [0.5, 0.6) is 0 Å². The molecule has 2 fully saturated rings. The standard InChI is InChI=1S/C24H27N5O2/c1-28-22(30)15-20(19-11-13-25-16-26-19)27-23(28)29-14-12-24(31,17-7-3-2-4-8-17)18-9-5-6-10-21(18)29/h2-4,7-8,11,13,15-16,18,21,31H,5-6,9-10,12,14H2,1H3/t18-,21+,24+/m0/s1. The molecule has 1 aliphatic carbocycles. The Kier molecular flexibility index (Phi) is 5.06. The number of benzene rings is 1. The van der Waals surface area contributed by atoms with Crippen LogP contribution in [0.25, 0.3) is 11.4 Å². The summed E-state index contributed by atoms with van der Waals surface area (Å²) in [6.07, 6.45) is 7.89. The summed E-state index contributed by atoms with van der Waals surface area (Å²) in [6, 6.07) is 13.5. The first kappa shape index (κ1) is 19.9. The number of rotatable bonds is 3. The molecule has 0 amide bonds. The van der Waals surface area contributed by atoms with E-state index in [9.17, 15) is 9.90 Å². The zero-order chi connectivity index (χ0) is 21.4. The molecule has 0 unspecified atom stereocenters. The smallest absolute Gasteiger partial charge is 0.255 e. The van der Waals surface area contributed by atoms with Gasteiger partial charge in [0.05, 0.1) is 17.0 Å². The van der Waals surface area contributed by atoms with Crippen molar-refractivity contribution in [3.63, 3.8) is 0 Å². The third-order valence-electron chi connectivity index (χ3n) is 6.96. The lowest BCUT2D eigenvalue weighted by molar-refractivity contribution is -0.0693. The molecule has 1 N–H and O–H groups in total. The third-order valence-corrected chi connectivity index (χ3v) is 6.96. The summed E-state index contributed by atoms with van der Waals surface area (Å²) in [5.41, 5.74) is 1.20. The predicted molar refractivity (Wildman–Crippen MR) is 119 cm³/mol. The largest absolute Gasteiger partial charge is 0.385 e. The molecule has 1 saturated carbocycles. The summed E-state index contributed by atoms with van der Waals surface area (Å²) < 4.78 is 1.61. The van der Waals surface area contributed by atoms with Gasteiger partial charge in [-0.25, -0.2) is 15.0 Å². The predicted octanol–water partition coefficient (Wildman–Crippen LogP) is 2.89. The van der Waals surface area contributed by atoms with Crippen molar-refractivity contribution in [3.8, 4) is 11.4 Å². The summed E-state index contributed by atoms with van der Waals surface area (Å²) >= 11 is 0. The molecular formula is C24H27N5O2. The molecule has 7 nitrogen and oxygen atoms in total. The lowest BCUT2D eigenvalue weighted by Crippen LogP contribution is -2.58. The molecule has 160 valence electrons. The molecule has 1 aliphatic heterocycles. The minimum Gasteiger partial charge on any atom is -0.385 e. The second-order valence-corrected chi connectivity index (χ2v) is 8.63. The zero-order valence-electron chi connectivity index (χ0n) is 17.7. The molecule has 3 aromatic rings. The third kappa shape index (κ3) is 3.43. The SMILES string of the molecule is Cn1c(N2CC[C@@](O)(c3ccccc3)[C@H]3CCCC[C@H]32)nc(-c2ccncn2)cc1=O. The fourth-order valence-corrected chi connectivity index (χ4v) is 5.37. The highest BCUT2D eigenvalue weighted by Crippen LogP contribution is 2.47. The fourth-order valence-electron chi connectivity index (χ4n) is 5.37. The van der Waals surface area contributed by atoms with Gasteiger partial charge in [0.2, 0.25) is 5.95 Å². The van der Waals surface area contributed by atoms with E-state index in [2.05, 4.69) is 14.9 Å². The number of aliphatic hydroxyl groups is 1. The molecular weight excluding hydrogens is 390 g/mol. The highest BCUT2D eigenvalue weighted by atomic mass is 16.3. The van der Waals surface area contributed by atoms with E-state index < -0.39 is 5.60 Å². The van der Waals surface area contributed by atoms with Crippen LogP contribution >= 0.6 is 0 Å². The average molecular weight is 418 g/mol. The van der Waals surface area contributed by atoms with Gasteiger partial charge in [-0.2, -0.15) is 0 Å². The number of anilines is 1. The summed E-state index contributed by atoms with van der Waals surface area (Å²) in [7, 11) is 1.77. The molecule has 0 bridgehead atoms. The van der Waals surface area contributed by atoms with Crippen molar-refractivity contribution in [2.75, 3.05) is 11.4 Å². The molecule has 3 heterocycles. The molecule has 1 saturated heterocycles. The van der Waals surface area contributed by atoms with Gasteiger partial charge in [0.25, 0.3) is 5.56 Å². The van der Waals surface area contributed by atoms with Gasteiger partial charge in [0.1, 0.15) is 6.33 Å². The fraction of sp³-hybridized carbons (Fsp3) is 0.417. The Bertz CT molecular complexity index is 1120. The van der Waals surface area contributed by atoms with Crippen molar-refractivity contribution in [1.82, 2.24) is 19.5 Å². The Hall–Kier alpha value is -3.06. The van der Waals surface area contributed by atoms with Crippen LogP contribution in [0.15, 0.2) is 59.8 Å². The van der Waals surface area contributed by atoms with Gasteiger partial charge in [-0.05, 0) is 30.9 Å². The first-order valence-corrected chi connectivity index (χ1v) is 11.0. The van der Waals surface area contributed by atoms with E-state index in [-0.39, 0.29) is 17.5 Å². The van der Waals surface area contributed by atoms with Crippen molar-refractivity contribution < 1.29 is 5.11 Å². The lowest BCUT2D eigenvalue weighted by atomic mass is 9.66. The Balaban J connectivity index is 1.56. The summed E-state index contributed by atoms with van der Waals surface area (Å²) in [4.78, 5) is 28.1. The van der Waals surface area contributed by atoms with Gasteiger partial charge in [-0.15, -0.1) is 0 Å². The maximum atomic E-state index is 12.8. The number of aromatic nitrogens is 4. The average Bonchev–Trinajstić information content (AvgIpc) is 2.83. The number of hydrogen-bond acceptors (Lipinski definition) is 6. The second-order valence-electron chi connectivity index (χ2n) is 8.63. The van der Waals surface area contributed by atoms with Crippen molar-refractivity contribution >= 4 is 5.95 Å². The van der Waals surface area contributed by atoms with E-state index in [1.165, 1.54) is 12.4 Å². The van der Waals surface area contributed by atoms with E-state index in [0.717, 1.165) is 31.2 Å². The van der Waals surface area contributed by atoms with E-state index in [4.69, 9.17) is 4.98 Å². The number of piperidine rings is 1. The Morgan fingerprint density at radius 1 is 1.10 bits per heavy atom. The van der Waals surface area contributed by atoms with Crippen LogP contribution in [0.1, 0.15) is 37.7 Å². The maximum absolute atomic E-state index is 12.8. The molecule has 1 aromatic carbocycles. The van der Waals surface area contributed by atoms with Gasteiger partial charge < -0.3 is 10.0 Å². The Morgan fingerprint density at radius 3 is 2.68 bits per heavy atom. The van der Waals surface area contributed by atoms with Gasteiger partial charge >= 0.3 is 0 Å². The first-order chi connectivity index (χ1) is 15.1. The first-order valence-electron chi connectivity index (χ1n) is 11.0. The highest BCUT2D eigenvalue weighted by Gasteiger charge is 2.49. The van der Waals surface area contributed by atoms with Gasteiger partial charge in [-0.1, -0.05) is 43.2 Å². The van der Waals surface area contributed by atoms with Crippen molar-refractivity contribution in [3.05, 3.63) is 70.9 Å². The van der Waals surface area contributed by atoms with Crippen LogP contribution in [0.2, 0.25) is 0 Å². The monoisotopic (exact) mass is 417 g/mol. The lowest BCUT2D eigenvalue weighted by Gasteiger charge is -2.53. The van der Waals surface area contributed by atoms with E-state index >= 15 is 0 Å². The van der Waals surface area contributed by atoms with Crippen molar-refractivity contribution in [1.29, 1.82) is 0 Å². The van der Waals surface area contributed by atoms with E-state index in [1.807, 2.05) is 30.3 Å². The topological polar surface area (TPSA) is 84.1 Å². The van der Waals surface area contributed by atoms with Crippen LogP contribution in [0, 0.1) is 5.92 Å². The quantitative estimate of drug-likeness (QED) is 0.705. The molecule has 0 spiro atoms. The minimum absolute atomic E-state index is 0.0945. The number of fused-ring (bicyclic) bond motifs is 1. The molecule has 7 heteroatoms. The van der Waals surface area contributed by atoms with Crippen LogP contribution in [-0.4, -0.2) is 37.2 Å². The second kappa shape index (κ2) is 7.89. The van der Waals surface area contributed by atoms with Crippen LogP contribution in [0.4, 0.5) is 5.95 Å². The summed E-state index contributed by atoms with van der Waals surface area (Å²) in [5.74, 6) is 0.741. The molecule has 2 aromatic heterocycles. The number of nitrogens with zero attached hydrogens (tertiary/aromatic N) is 5. The van der Waals surface area contributed by atoms with Crippen LogP contribution in [0.3, 0.4) is 0 Å². The molecule has 2 aliphatic rings. The van der Waals surface area contributed by atoms with Crippen LogP contribution < -0.4 is 10.5 Å². The normalized spacial score (nSPS) is 25.8. The van der Waals surface area contributed by atoms with Gasteiger partial charge in [0, 0.05) is 37.8 Å².